The van der Waals surface area contributed by atoms with Crippen LogP contribution in [0.5, 0.6) is 11.5 Å². The first-order valence-electron chi connectivity index (χ1n) is 5.33. The maximum Gasteiger partial charge on any atom is 0.328 e. The Labute approximate surface area is 106 Å². The Bertz CT molecular complexity index is 458. The van der Waals surface area contributed by atoms with Gasteiger partial charge in [0.15, 0.2) is 0 Å². The Kier molecular flexibility index (Phi) is 4.33. The fraction of sp³-hybridized carbons (Fsp3) is 0.308. The molecule has 0 heterocycles. The highest BCUT2D eigenvalue weighted by Gasteiger charge is 2.31. The van der Waals surface area contributed by atoms with Crippen molar-refractivity contribution < 1.29 is 19.4 Å². The zero-order chi connectivity index (χ0) is 13.8. The Morgan fingerprint density at radius 2 is 2.17 bits per heavy atom. The third kappa shape index (κ3) is 2.81. The highest BCUT2D eigenvalue weighted by Crippen LogP contribution is 2.27. The van der Waals surface area contributed by atoms with E-state index in [2.05, 4.69) is 6.58 Å². The van der Waals surface area contributed by atoms with E-state index in [-0.39, 0.29) is 6.42 Å². The normalized spacial score (nSPS) is 13.5. The van der Waals surface area contributed by atoms with Gasteiger partial charge in [0.1, 0.15) is 17.0 Å². The van der Waals surface area contributed by atoms with Crippen molar-refractivity contribution >= 4 is 5.97 Å². The molecule has 0 aliphatic heterocycles. The predicted octanol–water partition coefficient (Wildman–Crippen LogP) is 1.21. The number of carboxylic acids is 1. The second kappa shape index (κ2) is 5.55. The van der Waals surface area contributed by atoms with Crippen LogP contribution in [0.1, 0.15) is 5.56 Å². The average Bonchev–Trinajstić information content (AvgIpc) is 2.38. The summed E-state index contributed by atoms with van der Waals surface area (Å²) in [5.41, 5.74) is 4.90. The zero-order valence-corrected chi connectivity index (χ0v) is 10.5. The lowest BCUT2D eigenvalue weighted by atomic mass is 9.91. The third-order valence-electron chi connectivity index (χ3n) is 2.73. The maximum atomic E-state index is 11.1. The van der Waals surface area contributed by atoms with Gasteiger partial charge in [-0.3, -0.25) is 0 Å². The Morgan fingerprint density at radius 3 is 2.61 bits per heavy atom. The number of ether oxygens (including phenoxy) is 2. The second-order valence-electron chi connectivity index (χ2n) is 3.90. The van der Waals surface area contributed by atoms with E-state index < -0.39 is 11.5 Å². The van der Waals surface area contributed by atoms with Crippen LogP contribution < -0.4 is 15.2 Å². The van der Waals surface area contributed by atoms with Gasteiger partial charge in [-0.2, -0.15) is 0 Å². The zero-order valence-electron chi connectivity index (χ0n) is 10.5. The quantitative estimate of drug-likeness (QED) is 0.743. The summed E-state index contributed by atoms with van der Waals surface area (Å²) in [6, 6.07) is 5.14. The molecule has 0 unspecified atom stereocenters. The Hall–Kier alpha value is -2.01. The van der Waals surface area contributed by atoms with Gasteiger partial charge in [0, 0.05) is 12.0 Å². The molecule has 18 heavy (non-hydrogen) atoms. The van der Waals surface area contributed by atoms with E-state index in [0.717, 1.165) is 0 Å². The van der Waals surface area contributed by atoms with Crippen molar-refractivity contribution in [3.63, 3.8) is 0 Å². The van der Waals surface area contributed by atoms with Crippen LogP contribution in [0, 0.1) is 0 Å². The number of methoxy groups -OCH3 is 2. The van der Waals surface area contributed by atoms with Crippen molar-refractivity contribution in [2.75, 3.05) is 14.2 Å². The first-order valence-corrected chi connectivity index (χ1v) is 5.33. The molecule has 0 aromatic heterocycles. The van der Waals surface area contributed by atoms with Crippen molar-refractivity contribution in [2.45, 2.75) is 12.0 Å². The summed E-state index contributed by atoms with van der Waals surface area (Å²) in [5.74, 6) is 0.0405. The summed E-state index contributed by atoms with van der Waals surface area (Å²) in [5, 5.41) is 9.12. The van der Waals surface area contributed by atoms with E-state index in [1.54, 1.807) is 18.2 Å². The molecule has 1 aromatic carbocycles. The van der Waals surface area contributed by atoms with Crippen molar-refractivity contribution in [1.29, 1.82) is 0 Å². The van der Waals surface area contributed by atoms with E-state index in [9.17, 15) is 4.79 Å². The summed E-state index contributed by atoms with van der Waals surface area (Å²) in [6.45, 7) is 3.47. The van der Waals surface area contributed by atoms with E-state index in [1.807, 2.05) is 0 Å². The van der Waals surface area contributed by atoms with Crippen molar-refractivity contribution in [2.24, 2.45) is 5.73 Å². The SMILES string of the molecule is C=C[C@](N)(Cc1cc(OC)ccc1OC)C(=O)O. The van der Waals surface area contributed by atoms with Gasteiger partial charge in [-0.1, -0.05) is 6.08 Å². The van der Waals surface area contributed by atoms with Crippen LogP contribution >= 0.6 is 0 Å². The molecule has 0 aliphatic rings. The number of carboxylic acid groups (broad SMARTS) is 1. The van der Waals surface area contributed by atoms with Gasteiger partial charge in [0.05, 0.1) is 14.2 Å². The number of benzene rings is 1. The molecule has 0 bridgehead atoms. The van der Waals surface area contributed by atoms with Gasteiger partial charge in [-0.25, -0.2) is 4.79 Å². The van der Waals surface area contributed by atoms with Crippen molar-refractivity contribution in [1.82, 2.24) is 0 Å². The fourth-order valence-electron chi connectivity index (χ4n) is 1.57. The van der Waals surface area contributed by atoms with E-state index >= 15 is 0 Å². The van der Waals surface area contributed by atoms with Gasteiger partial charge in [0.2, 0.25) is 0 Å². The van der Waals surface area contributed by atoms with Gasteiger partial charge in [-0.15, -0.1) is 6.58 Å². The maximum absolute atomic E-state index is 11.1. The number of hydrogen-bond acceptors (Lipinski definition) is 4. The summed E-state index contributed by atoms with van der Waals surface area (Å²) in [4.78, 5) is 11.1. The smallest absolute Gasteiger partial charge is 0.328 e. The molecule has 1 atom stereocenters. The predicted molar refractivity (Wildman–Crippen MR) is 68.0 cm³/mol. The van der Waals surface area contributed by atoms with Crippen LogP contribution in [-0.4, -0.2) is 30.8 Å². The molecule has 0 fully saturated rings. The standard InChI is InChI=1S/C13H17NO4/c1-4-13(14,12(15)16)8-9-7-10(17-2)5-6-11(9)18-3/h4-7H,1,8,14H2,2-3H3,(H,15,16)/t13-/m0/s1. The molecule has 1 aromatic rings. The Morgan fingerprint density at radius 1 is 1.50 bits per heavy atom. The minimum absolute atomic E-state index is 0.0756. The van der Waals surface area contributed by atoms with Gasteiger partial charge in [0.25, 0.3) is 0 Å². The molecule has 3 N–H and O–H groups in total. The van der Waals surface area contributed by atoms with Crippen LogP contribution in [0.25, 0.3) is 0 Å². The summed E-state index contributed by atoms with van der Waals surface area (Å²) < 4.78 is 10.3. The molecule has 0 saturated heterocycles. The van der Waals surface area contributed by atoms with Crippen LogP contribution in [0.3, 0.4) is 0 Å². The van der Waals surface area contributed by atoms with Crippen molar-refractivity contribution in [3.05, 3.63) is 36.4 Å². The van der Waals surface area contributed by atoms with Gasteiger partial charge in [-0.05, 0) is 18.2 Å². The lowest BCUT2D eigenvalue weighted by Gasteiger charge is -2.21. The molecule has 0 saturated carbocycles. The third-order valence-corrected chi connectivity index (χ3v) is 2.73. The van der Waals surface area contributed by atoms with Gasteiger partial charge >= 0.3 is 5.97 Å². The second-order valence-corrected chi connectivity index (χ2v) is 3.90. The number of hydrogen-bond donors (Lipinski definition) is 2. The monoisotopic (exact) mass is 251 g/mol. The molecular formula is C13H17NO4. The number of nitrogens with two attached hydrogens (primary N) is 1. The van der Waals surface area contributed by atoms with Crippen LogP contribution in [-0.2, 0) is 11.2 Å². The fourth-order valence-corrected chi connectivity index (χ4v) is 1.57. The first-order chi connectivity index (χ1) is 8.46. The van der Waals surface area contributed by atoms with Crippen LogP contribution in [0.4, 0.5) is 0 Å². The lowest BCUT2D eigenvalue weighted by molar-refractivity contribution is -0.141. The number of carbonyl (C=O) groups is 1. The minimum Gasteiger partial charge on any atom is -0.497 e. The number of rotatable bonds is 6. The van der Waals surface area contributed by atoms with Gasteiger partial charge < -0.3 is 20.3 Å². The number of aliphatic carboxylic acids is 1. The van der Waals surface area contributed by atoms with E-state index in [4.69, 9.17) is 20.3 Å². The topological polar surface area (TPSA) is 81.8 Å². The first kappa shape index (κ1) is 14.1. The highest BCUT2D eigenvalue weighted by molar-refractivity contribution is 5.81. The van der Waals surface area contributed by atoms with E-state index in [0.29, 0.717) is 17.1 Å². The summed E-state index contributed by atoms with van der Waals surface area (Å²) in [7, 11) is 3.05. The minimum atomic E-state index is -1.53. The molecule has 0 aliphatic carbocycles. The molecule has 0 amide bonds. The lowest BCUT2D eigenvalue weighted by Crippen LogP contribution is -2.47. The summed E-state index contributed by atoms with van der Waals surface area (Å²) >= 11 is 0. The molecule has 0 radical (unpaired) electrons. The molecule has 98 valence electrons. The highest BCUT2D eigenvalue weighted by atomic mass is 16.5. The molecule has 1 rings (SSSR count). The average molecular weight is 251 g/mol. The van der Waals surface area contributed by atoms with Crippen LogP contribution in [0.2, 0.25) is 0 Å². The molecule has 5 heteroatoms. The Balaban J connectivity index is 3.15. The largest absolute Gasteiger partial charge is 0.497 e. The molecule has 5 nitrogen and oxygen atoms in total. The molecular weight excluding hydrogens is 234 g/mol. The molecule has 0 spiro atoms. The summed E-state index contributed by atoms with van der Waals surface area (Å²) in [6.07, 6.45) is 1.29. The van der Waals surface area contributed by atoms with E-state index in [1.165, 1.54) is 20.3 Å². The van der Waals surface area contributed by atoms with Crippen molar-refractivity contribution in [3.8, 4) is 11.5 Å². The van der Waals surface area contributed by atoms with Crippen LogP contribution in [0.15, 0.2) is 30.9 Å².